The van der Waals surface area contributed by atoms with Crippen LogP contribution in [0, 0.1) is 5.82 Å². The molecule has 5 heteroatoms. The molecule has 0 spiro atoms. The molecule has 1 saturated carbocycles. The zero-order valence-electron chi connectivity index (χ0n) is 15.9. The predicted octanol–water partition coefficient (Wildman–Crippen LogP) is 6.19. The molecule has 0 atom stereocenters. The van der Waals surface area contributed by atoms with Gasteiger partial charge in [0.2, 0.25) is 0 Å². The molecular weight excluding hydrogens is 383 g/mol. The lowest BCUT2D eigenvalue weighted by atomic mass is 9.92. The summed E-state index contributed by atoms with van der Waals surface area (Å²) in [6.45, 7) is 0. The number of nitrogens with zero attached hydrogens (tertiary/aromatic N) is 2. The number of fused-ring (bicyclic) bond motifs is 1. The average Bonchev–Trinajstić information content (AvgIpc) is 3.46. The van der Waals surface area contributed by atoms with Crippen LogP contribution in [0.5, 0.6) is 0 Å². The van der Waals surface area contributed by atoms with E-state index in [4.69, 9.17) is 9.72 Å². The van der Waals surface area contributed by atoms with Crippen molar-refractivity contribution in [1.29, 1.82) is 0 Å². The summed E-state index contributed by atoms with van der Waals surface area (Å²) in [6.07, 6.45) is 5.45. The summed E-state index contributed by atoms with van der Waals surface area (Å²) in [5.74, 6) is -0.300. The van der Waals surface area contributed by atoms with E-state index in [0.29, 0.717) is 10.6 Å². The van der Waals surface area contributed by atoms with Crippen LogP contribution in [0.1, 0.15) is 29.7 Å². The first-order valence-corrected chi connectivity index (χ1v) is 10.3. The van der Waals surface area contributed by atoms with Gasteiger partial charge in [0.25, 0.3) is 0 Å². The molecule has 0 unspecified atom stereocenters. The average molecular weight is 402 g/mol. The van der Waals surface area contributed by atoms with Crippen LogP contribution in [-0.4, -0.2) is 17.1 Å². The van der Waals surface area contributed by atoms with Crippen LogP contribution >= 0.6 is 11.3 Å². The molecule has 1 aliphatic rings. The van der Waals surface area contributed by atoms with Gasteiger partial charge < -0.3 is 4.74 Å². The standard InChI is InChI=1S/C24H19FN2OS/c1-28-14-11-16-7-8-18(19(25)15-16)22-26-20-9-10-21(27-23(20)29-22)24(12-13-24)17-5-3-2-4-6-17/h2-11,14-15H,12-13H2,1H3/b14-11+. The van der Waals surface area contributed by atoms with E-state index in [0.717, 1.165) is 34.4 Å². The second kappa shape index (κ2) is 7.08. The monoisotopic (exact) mass is 402 g/mol. The fraction of sp³-hybridized carbons (Fsp3) is 0.167. The summed E-state index contributed by atoms with van der Waals surface area (Å²) < 4.78 is 19.6. The molecule has 1 fully saturated rings. The molecule has 0 radical (unpaired) electrons. The van der Waals surface area contributed by atoms with Gasteiger partial charge in [-0.05, 0) is 54.3 Å². The normalized spacial score (nSPS) is 15.1. The van der Waals surface area contributed by atoms with Gasteiger partial charge in [0.05, 0.1) is 19.1 Å². The van der Waals surface area contributed by atoms with E-state index in [-0.39, 0.29) is 11.2 Å². The Kier molecular flexibility index (Phi) is 4.40. The first-order valence-electron chi connectivity index (χ1n) is 9.52. The lowest BCUT2D eigenvalue weighted by molar-refractivity contribution is 0.341. The molecule has 29 heavy (non-hydrogen) atoms. The summed E-state index contributed by atoms with van der Waals surface area (Å²) in [7, 11) is 1.56. The van der Waals surface area contributed by atoms with Crippen molar-refractivity contribution in [3.63, 3.8) is 0 Å². The third kappa shape index (κ3) is 3.21. The molecule has 4 aromatic rings. The maximum atomic E-state index is 14.7. The van der Waals surface area contributed by atoms with Crippen LogP contribution in [0.4, 0.5) is 4.39 Å². The quantitative estimate of drug-likeness (QED) is 0.373. The van der Waals surface area contributed by atoms with Crippen molar-refractivity contribution in [2.45, 2.75) is 18.3 Å². The second-order valence-corrected chi connectivity index (χ2v) is 8.24. The third-order valence-corrected chi connectivity index (χ3v) is 6.44. The van der Waals surface area contributed by atoms with Crippen LogP contribution in [0.15, 0.2) is 66.9 Å². The Bertz CT molecular complexity index is 1210. The van der Waals surface area contributed by atoms with E-state index >= 15 is 0 Å². The minimum Gasteiger partial charge on any atom is -0.504 e. The molecule has 0 bridgehead atoms. The van der Waals surface area contributed by atoms with Gasteiger partial charge in [-0.15, -0.1) is 0 Å². The van der Waals surface area contributed by atoms with Gasteiger partial charge in [-0.1, -0.05) is 47.7 Å². The molecule has 0 aliphatic heterocycles. The van der Waals surface area contributed by atoms with Crippen LogP contribution < -0.4 is 0 Å². The number of aromatic nitrogens is 2. The van der Waals surface area contributed by atoms with E-state index in [1.807, 2.05) is 18.2 Å². The Balaban J connectivity index is 1.52. The van der Waals surface area contributed by atoms with E-state index in [1.54, 1.807) is 19.3 Å². The molecule has 1 aliphatic carbocycles. The third-order valence-electron chi connectivity index (χ3n) is 5.44. The lowest BCUT2D eigenvalue weighted by Crippen LogP contribution is -2.10. The molecule has 0 amide bonds. The summed E-state index contributed by atoms with van der Waals surface area (Å²) >= 11 is 1.44. The molecule has 2 aromatic carbocycles. The molecule has 5 rings (SSSR count). The molecule has 144 valence electrons. The van der Waals surface area contributed by atoms with Gasteiger partial charge in [0.1, 0.15) is 21.2 Å². The highest BCUT2D eigenvalue weighted by atomic mass is 32.1. The van der Waals surface area contributed by atoms with Crippen molar-refractivity contribution in [2.75, 3.05) is 7.11 Å². The van der Waals surface area contributed by atoms with Gasteiger partial charge in [-0.25, -0.2) is 14.4 Å². The molecule has 0 N–H and O–H groups in total. The van der Waals surface area contributed by atoms with Gasteiger partial charge in [-0.2, -0.15) is 0 Å². The number of pyridine rings is 1. The van der Waals surface area contributed by atoms with Crippen LogP contribution in [0.2, 0.25) is 0 Å². The maximum absolute atomic E-state index is 14.7. The number of hydrogen-bond donors (Lipinski definition) is 0. The number of halogens is 1. The van der Waals surface area contributed by atoms with Crippen molar-refractivity contribution in [3.05, 3.63) is 89.6 Å². The number of rotatable bonds is 5. The summed E-state index contributed by atoms with van der Waals surface area (Å²) in [5.41, 5.74) is 4.44. The largest absolute Gasteiger partial charge is 0.504 e. The highest BCUT2D eigenvalue weighted by molar-refractivity contribution is 7.21. The molecule has 0 saturated heterocycles. The SMILES string of the molecule is CO/C=C/c1ccc(-c2nc3ccc(C4(c5ccccc5)CC4)nc3s2)c(F)c1. The topological polar surface area (TPSA) is 35.0 Å². The Morgan fingerprint density at radius 2 is 1.86 bits per heavy atom. The van der Waals surface area contributed by atoms with E-state index in [2.05, 4.69) is 35.3 Å². The fourth-order valence-electron chi connectivity index (χ4n) is 3.73. The fourth-order valence-corrected chi connectivity index (χ4v) is 4.69. The van der Waals surface area contributed by atoms with Gasteiger partial charge in [-0.3, -0.25) is 0 Å². The minimum atomic E-state index is -0.300. The number of hydrogen-bond acceptors (Lipinski definition) is 4. The van der Waals surface area contributed by atoms with Gasteiger partial charge in [0.15, 0.2) is 0 Å². The Labute approximate surface area is 172 Å². The summed E-state index contributed by atoms with van der Waals surface area (Å²) in [6, 6.07) is 19.7. The van der Waals surface area contributed by atoms with Crippen LogP contribution in [0.25, 0.3) is 27.0 Å². The highest BCUT2D eigenvalue weighted by Crippen LogP contribution is 2.53. The summed E-state index contributed by atoms with van der Waals surface area (Å²) in [4.78, 5) is 10.4. The highest BCUT2D eigenvalue weighted by Gasteiger charge is 2.47. The predicted molar refractivity (Wildman–Crippen MR) is 115 cm³/mol. The molecule has 3 nitrogen and oxygen atoms in total. The Morgan fingerprint density at radius 1 is 1.03 bits per heavy atom. The first-order chi connectivity index (χ1) is 14.2. The maximum Gasteiger partial charge on any atom is 0.144 e. The number of benzene rings is 2. The second-order valence-electron chi connectivity index (χ2n) is 7.27. The van der Waals surface area contributed by atoms with Crippen molar-refractivity contribution in [3.8, 4) is 10.6 Å². The van der Waals surface area contributed by atoms with Gasteiger partial charge in [0, 0.05) is 11.0 Å². The summed E-state index contributed by atoms with van der Waals surface area (Å²) in [5, 5.41) is 0.647. The van der Waals surface area contributed by atoms with E-state index < -0.39 is 0 Å². The van der Waals surface area contributed by atoms with Crippen molar-refractivity contribution in [2.24, 2.45) is 0 Å². The first kappa shape index (κ1) is 18.0. The van der Waals surface area contributed by atoms with Crippen molar-refractivity contribution < 1.29 is 9.13 Å². The Hall–Kier alpha value is -3.05. The van der Waals surface area contributed by atoms with Crippen LogP contribution in [-0.2, 0) is 10.2 Å². The van der Waals surface area contributed by atoms with E-state index in [1.165, 1.54) is 29.2 Å². The van der Waals surface area contributed by atoms with Crippen LogP contribution in [0.3, 0.4) is 0 Å². The smallest absolute Gasteiger partial charge is 0.144 e. The lowest BCUT2D eigenvalue weighted by Gasteiger charge is -2.14. The molecule has 2 aromatic heterocycles. The molecular formula is C24H19FN2OS. The van der Waals surface area contributed by atoms with Crippen molar-refractivity contribution in [1.82, 2.24) is 9.97 Å². The van der Waals surface area contributed by atoms with Crippen molar-refractivity contribution >= 4 is 27.8 Å². The number of methoxy groups -OCH3 is 1. The number of ether oxygens (including phenoxy) is 1. The van der Waals surface area contributed by atoms with E-state index in [9.17, 15) is 4.39 Å². The minimum absolute atomic E-state index is 0.0141. The zero-order chi connectivity index (χ0) is 19.8. The van der Waals surface area contributed by atoms with Gasteiger partial charge >= 0.3 is 0 Å². The zero-order valence-corrected chi connectivity index (χ0v) is 16.7. The number of thiazole rings is 1. The Morgan fingerprint density at radius 3 is 2.59 bits per heavy atom. The molecule has 2 heterocycles.